The third-order valence-corrected chi connectivity index (χ3v) is 4.35. The van der Waals surface area contributed by atoms with Crippen LogP contribution >= 0.6 is 0 Å². The molecule has 0 spiro atoms. The number of amides is 1. The van der Waals surface area contributed by atoms with Gasteiger partial charge in [-0.15, -0.1) is 0 Å². The van der Waals surface area contributed by atoms with Crippen LogP contribution in [-0.4, -0.2) is 55.1 Å². The molecule has 1 fully saturated rings. The van der Waals surface area contributed by atoms with Crippen LogP contribution < -0.4 is 0 Å². The minimum atomic E-state index is -0.117. The lowest BCUT2D eigenvalue weighted by molar-refractivity contribution is -0.142. The normalized spacial score (nSPS) is 24.1. The van der Waals surface area contributed by atoms with Crippen molar-refractivity contribution < 1.29 is 9.53 Å². The molecule has 0 aliphatic carbocycles. The third kappa shape index (κ3) is 2.72. The highest BCUT2D eigenvalue weighted by Gasteiger charge is 2.31. The number of likely N-dealkylation sites (N-methyl/N-ethyl adjacent to an activating group) is 1. The van der Waals surface area contributed by atoms with Gasteiger partial charge in [-0.05, 0) is 31.0 Å². The van der Waals surface area contributed by atoms with Crippen LogP contribution in [0.1, 0.15) is 17.5 Å². The number of carbonyl (C=O) groups excluding carboxylic acids is 1. The number of nitrogens with zero attached hydrogens (tertiary/aromatic N) is 2. The SMILES string of the molecule is CN1CCOC[C@H]1C(=O)N1CCCc2ccccc2C1. The van der Waals surface area contributed by atoms with Gasteiger partial charge in [0.25, 0.3) is 0 Å². The van der Waals surface area contributed by atoms with Gasteiger partial charge in [-0.3, -0.25) is 9.69 Å². The summed E-state index contributed by atoms with van der Waals surface area (Å²) < 4.78 is 5.48. The van der Waals surface area contributed by atoms with Crippen LogP contribution in [0.25, 0.3) is 0 Å². The molecular weight excluding hydrogens is 252 g/mol. The fourth-order valence-electron chi connectivity index (χ4n) is 3.05. The summed E-state index contributed by atoms with van der Waals surface area (Å²) in [4.78, 5) is 16.8. The lowest BCUT2D eigenvalue weighted by Gasteiger charge is -2.35. The van der Waals surface area contributed by atoms with Gasteiger partial charge in [-0.25, -0.2) is 0 Å². The van der Waals surface area contributed by atoms with E-state index in [2.05, 4.69) is 29.2 Å². The van der Waals surface area contributed by atoms with Crippen LogP contribution in [-0.2, 0) is 22.5 Å². The van der Waals surface area contributed by atoms with Gasteiger partial charge < -0.3 is 9.64 Å². The molecule has 0 aromatic heterocycles. The second-order valence-corrected chi connectivity index (χ2v) is 5.70. The largest absolute Gasteiger partial charge is 0.378 e. The fraction of sp³-hybridized carbons (Fsp3) is 0.562. The van der Waals surface area contributed by atoms with E-state index in [1.807, 2.05) is 11.9 Å². The Hall–Kier alpha value is -1.39. The Morgan fingerprint density at radius 1 is 1.25 bits per heavy atom. The summed E-state index contributed by atoms with van der Waals surface area (Å²) in [7, 11) is 2.01. The molecule has 0 radical (unpaired) electrons. The molecule has 3 rings (SSSR count). The van der Waals surface area contributed by atoms with Crippen LogP contribution in [0.5, 0.6) is 0 Å². The molecule has 0 N–H and O–H groups in total. The molecule has 4 nitrogen and oxygen atoms in total. The summed E-state index contributed by atoms with van der Waals surface area (Å²) in [5.74, 6) is 0.212. The zero-order valence-electron chi connectivity index (χ0n) is 12.0. The number of aryl methyl sites for hydroxylation is 1. The van der Waals surface area contributed by atoms with Crippen molar-refractivity contribution in [2.24, 2.45) is 0 Å². The number of hydrogen-bond acceptors (Lipinski definition) is 3. The molecular formula is C16H22N2O2. The molecule has 2 heterocycles. The van der Waals surface area contributed by atoms with Crippen molar-refractivity contribution in [1.29, 1.82) is 0 Å². The number of rotatable bonds is 1. The zero-order valence-corrected chi connectivity index (χ0v) is 12.0. The predicted molar refractivity (Wildman–Crippen MR) is 77.4 cm³/mol. The highest BCUT2D eigenvalue weighted by Crippen LogP contribution is 2.20. The summed E-state index contributed by atoms with van der Waals surface area (Å²) in [5.41, 5.74) is 2.67. The van der Waals surface area contributed by atoms with E-state index in [0.29, 0.717) is 6.61 Å². The molecule has 0 bridgehead atoms. The minimum Gasteiger partial charge on any atom is -0.378 e. The molecule has 1 aromatic carbocycles. The van der Waals surface area contributed by atoms with Crippen LogP contribution in [0.2, 0.25) is 0 Å². The minimum absolute atomic E-state index is 0.117. The molecule has 1 amide bonds. The molecule has 4 heteroatoms. The molecule has 2 aliphatic rings. The lowest BCUT2D eigenvalue weighted by Crippen LogP contribution is -2.53. The maximum Gasteiger partial charge on any atom is 0.242 e. The third-order valence-electron chi connectivity index (χ3n) is 4.35. The molecule has 1 saturated heterocycles. The van der Waals surface area contributed by atoms with Crippen LogP contribution in [0.15, 0.2) is 24.3 Å². The Bertz CT molecular complexity index is 489. The molecule has 20 heavy (non-hydrogen) atoms. The first-order valence-corrected chi connectivity index (χ1v) is 7.39. The van der Waals surface area contributed by atoms with Crippen molar-refractivity contribution in [2.45, 2.75) is 25.4 Å². The second-order valence-electron chi connectivity index (χ2n) is 5.70. The van der Waals surface area contributed by atoms with Gasteiger partial charge in [0.1, 0.15) is 6.04 Å². The Balaban J connectivity index is 1.75. The van der Waals surface area contributed by atoms with E-state index in [0.717, 1.165) is 39.1 Å². The summed E-state index contributed by atoms with van der Waals surface area (Å²) in [6.45, 7) is 3.66. The molecule has 0 unspecified atom stereocenters. The number of benzene rings is 1. The van der Waals surface area contributed by atoms with Gasteiger partial charge in [0, 0.05) is 19.6 Å². The zero-order chi connectivity index (χ0) is 13.9. The highest BCUT2D eigenvalue weighted by molar-refractivity contribution is 5.82. The van der Waals surface area contributed by atoms with Gasteiger partial charge in [-0.1, -0.05) is 24.3 Å². The maximum atomic E-state index is 12.7. The summed E-state index contributed by atoms with van der Waals surface area (Å²) >= 11 is 0. The highest BCUT2D eigenvalue weighted by atomic mass is 16.5. The van der Waals surface area contributed by atoms with E-state index < -0.39 is 0 Å². The van der Waals surface area contributed by atoms with Crippen LogP contribution in [0.4, 0.5) is 0 Å². The maximum absolute atomic E-state index is 12.7. The number of fused-ring (bicyclic) bond motifs is 1. The van der Waals surface area contributed by atoms with Crippen LogP contribution in [0.3, 0.4) is 0 Å². The van der Waals surface area contributed by atoms with Gasteiger partial charge in [0.15, 0.2) is 0 Å². The topological polar surface area (TPSA) is 32.8 Å². The summed E-state index contributed by atoms with van der Waals surface area (Å²) in [5, 5.41) is 0. The molecule has 0 saturated carbocycles. The predicted octanol–water partition coefficient (Wildman–Crippen LogP) is 1.29. The van der Waals surface area contributed by atoms with Crippen molar-refractivity contribution in [2.75, 3.05) is 33.4 Å². The molecule has 108 valence electrons. The second kappa shape index (κ2) is 5.94. The molecule has 1 aromatic rings. The Labute approximate surface area is 120 Å². The van der Waals surface area contributed by atoms with E-state index in [9.17, 15) is 4.79 Å². The first-order valence-electron chi connectivity index (χ1n) is 7.39. The number of hydrogen-bond donors (Lipinski definition) is 0. The average molecular weight is 274 g/mol. The van der Waals surface area contributed by atoms with Crippen molar-refractivity contribution >= 4 is 5.91 Å². The van der Waals surface area contributed by atoms with Crippen molar-refractivity contribution in [3.8, 4) is 0 Å². The average Bonchev–Trinajstić information content (AvgIpc) is 2.69. The van der Waals surface area contributed by atoms with E-state index >= 15 is 0 Å². The number of carbonyl (C=O) groups is 1. The van der Waals surface area contributed by atoms with Crippen molar-refractivity contribution in [1.82, 2.24) is 9.80 Å². The molecule has 2 aliphatic heterocycles. The Morgan fingerprint density at radius 3 is 2.85 bits per heavy atom. The quantitative estimate of drug-likeness (QED) is 0.773. The van der Waals surface area contributed by atoms with E-state index in [-0.39, 0.29) is 11.9 Å². The van der Waals surface area contributed by atoms with Crippen molar-refractivity contribution in [3.05, 3.63) is 35.4 Å². The van der Waals surface area contributed by atoms with Crippen LogP contribution in [0, 0.1) is 0 Å². The number of ether oxygens (including phenoxy) is 1. The van der Waals surface area contributed by atoms with E-state index in [1.165, 1.54) is 11.1 Å². The van der Waals surface area contributed by atoms with Gasteiger partial charge in [0.05, 0.1) is 13.2 Å². The summed E-state index contributed by atoms with van der Waals surface area (Å²) in [6, 6.07) is 8.34. The van der Waals surface area contributed by atoms with E-state index in [1.54, 1.807) is 0 Å². The van der Waals surface area contributed by atoms with E-state index in [4.69, 9.17) is 4.74 Å². The lowest BCUT2D eigenvalue weighted by atomic mass is 10.0. The smallest absolute Gasteiger partial charge is 0.242 e. The number of morpholine rings is 1. The Kier molecular flexibility index (Phi) is 4.03. The van der Waals surface area contributed by atoms with Crippen molar-refractivity contribution in [3.63, 3.8) is 0 Å². The monoisotopic (exact) mass is 274 g/mol. The Morgan fingerprint density at radius 2 is 2.05 bits per heavy atom. The first kappa shape index (κ1) is 13.6. The van der Waals surface area contributed by atoms with Gasteiger partial charge in [0.2, 0.25) is 5.91 Å². The summed E-state index contributed by atoms with van der Waals surface area (Å²) in [6.07, 6.45) is 2.11. The van der Waals surface area contributed by atoms with Gasteiger partial charge in [-0.2, -0.15) is 0 Å². The standard InChI is InChI=1S/C16H22N2O2/c1-17-9-10-20-12-15(17)16(19)18-8-4-7-13-5-2-3-6-14(13)11-18/h2-3,5-6,15H,4,7-12H2,1H3/t15-/m0/s1. The van der Waals surface area contributed by atoms with Gasteiger partial charge >= 0.3 is 0 Å². The molecule has 1 atom stereocenters. The first-order chi connectivity index (χ1) is 9.75. The fourth-order valence-corrected chi connectivity index (χ4v) is 3.05.